The number of hydrogen-bond acceptors (Lipinski definition) is 2. The number of aryl methyl sites for hydroxylation is 1. The van der Waals surface area contributed by atoms with Crippen LogP contribution < -0.4 is 0 Å². The number of Topliss-reactive ketones (excluding diaryl/α,β-unsaturated/α-hetero) is 1. The lowest BCUT2D eigenvalue weighted by Crippen LogP contribution is -2.06. The van der Waals surface area contributed by atoms with Crippen LogP contribution in [-0.2, 0) is 6.54 Å². The number of hydrogen-bond donors (Lipinski definition) is 0. The van der Waals surface area contributed by atoms with Crippen LogP contribution in [0.5, 0.6) is 0 Å². The van der Waals surface area contributed by atoms with Crippen LogP contribution in [0.15, 0.2) is 22.0 Å². The summed E-state index contributed by atoms with van der Waals surface area (Å²) in [6.45, 7) is 4.78. The SMILES string of the molecule is Cc1cc(C(=O)CCl)c(C)n1Cc1cc(Br)cs1. The molecule has 0 unspecified atom stereocenters. The van der Waals surface area contributed by atoms with E-state index in [1.54, 1.807) is 11.3 Å². The largest absolute Gasteiger partial charge is 0.343 e. The first kappa shape index (κ1) is 13.8. The standard InChI is InChI=1S/C13H13BrClNOS/c1-8-3-12(13(17)5-15)9(2)16(8)6-11-4-10(14)7-18-11/h3-4,7H,5-6H2,1-2H3. The Morgan fingerprint density at radius 1 is 1.44 bits per heavy atom. The summed E-state index contributed by atoms with van der Waals surface area (Å²) in [6.07, 6.45) is 0. The van der Waals surface area contributed by atoms with Crippen molar-refractivity contribution in [3.8, 4) is 0 Å². The van der Waals surface area contributed by atoms with Crippen LogP contribution in [0.4, 0.5) is 0 Å². The Hall–Kier alpha value is -0.580. The number of nitrogens with zero attached hydrogens (tertiary/aromatic N) is 1. The second kappa shape index (κ2) is 5.59. The van der Waals surface area contributed by atoms with Crippen LogP contribution in [0.25, 0.3) is 0 Å². The average Bonchev–Trinajstić information content (AvgIpc) is 2.87. The molecule has 0 radical (unpaired) electrons. The molecule has 2 rings (SSSR count). The second-order valence-corrected chi connectivity index (χ2v) is 6.34. The van der Waals surface area contributed by atoms with Crippen molar-refractivity contribution in [1.29, 1.82) is 0 Å². The highest BCUT2D eigenvalue weighted by Gasteiger charge is 2.15. The first-order valence-corrected chi connectivity index (χ1v) is 7.72. The number of alkyl halides is 1. The topological polar surface area (TPSA) is 22.0 Å². The molecule has 0 aromatic carbocycles. The summed E-state index contributed by atoms with van der Waals surface area (Å²) in [5.41, 5.74) is 2.81. The van der Waals surface area contributed by atoms with Gasteiger partial charge in [0.2, 0.25) is 0 Å². The zero-order valence-electron chi connectivity index (χ0n) is 10.2. The van der Waals surface area contributed by atoms with E-state index in [9.17, 15) is 4.79 Å². The van der Waals surface area contributed by atoms with Gasteiger partial charge in [-0.1, -0.05) is 0 Å². The molecule has 0 saturated carbocycles. The molecule has 2 aromatic rings. The van der Waals surface area contributed by atoms with Crippen LogP contribution in [0.2, 0.25) is 0 Å². The molecular weight excluding hydrogens is 334 g/mol. The Labute approximate surface area is 124 Å². The molecule has 2 nitrogen and oxygen atoms in total. The fourth-order valence-electron chi connectivity index (χ4n) is 1.99. The van der Waals surface area contributed by atoms with E-state index < -0.39 is 0 Å². The molecule has 96 valence electrons. The highest BCUT2D eigenvalue weighted by molar-refractivity contribution is 9.10. The van der Waals surface area contributed by atoms with E-state index in [1.165, 1.54) is 4.88 Å². The maximum absolute atomic E-state index is 11.7. The van der Waals surface area contributed by atoms with Gasteiger partial charge in [0, 0.05) is 31.7 Å². The van der Waals surface area contributed by atoms with E-state index >= 15 is 0 Å². The van der Waals surface area contributed by atoms with Crippen LogP contribution in [0.3, 0.4) is 0 Å². The van der Waals surface area contributed by atoms with Crippen molar-refractivity contribution in [3.05, 3.63) is 43.8 Å². The van der Waals surface area contributed by atoms with E-state index in [1.807, 2.05) is 19.9 Å². The molecule has 0 aliphatic rings. The number of thiophene rings is 1. The minimum atomic E-state index is -0.0108. The summed E-state index contributed by atoms with van der Waals surface area (Å²) in [5.74, 6) is 0.0258. The highest BCUT2D eigenvalue weighted by Crippen LogP contribution is 2.23. The predicted octanol–water partition coefficient (Wildman–Crippen LogP) is 4.40. The summed E-state index contributed by atoms with van der Waals surface area (Å²) in [4.78, 5) is 13.0. The molecule has 0 amide bonds. The molecule has 2 heterocycles. The molecule has 5 heteroatoms. The van der Waals surface area contributed by atoms with Gasteiger partial charge in [0.05, 0.1) is 12.4 Å². The van der Waals surface area contributed by atoms with Crippen LogP contribution >= 0.6 is 38.9 Å². The van der Waals surface area contributed by atoms with Gasteiger partial charge in [-0.2, -0.15) is 0 Å². The third-order valence-corrected chi connectivity index (χ3v) is 4.86. The zero-order chi connectivity index (χ0) is 13.3. The Morgan fingerprint density at radius 2 is 2.17 bits per heavy atom. The van der Waals surface area contributed by atoms with Crippen LogP contribution in [-0.4, -0.2) is 16.2 Å². The Bertz CT molecular complexity index is 588. The maximum atomic E-state index is 11.7. The van der Waals surface area contributed by atoms with E-state index in [4.69, 9.17) is 11.6 Å². The van der Waals surface area contributed by atoms with Gasteiger partial charge in [-0.15, -0.1) is 22.9 Å². The molecule has 0 aliphatic heterocycles. The van der Waals surface area contributed by atoms with E-state index in [0.29, 0.717) is 0 Å². The number of halogens is 2. The zero-order valence-corrected chi connectivity index (χ0v) is 13.3. The van der Waals surface area contributed by atoms with Crippen LogP contribution in [0, 0.1) is 13.8 Å². The number of rotatable bonds is 4. The lowest BCUT2D eigenvalue weighted by Gasteiger charge is -2.07. The van der Waals surface area contributed by atoms with Gasteiger partial charge < -0.3 is 4.57 Å². The van der Waals surface area contributed by atoms with Gasteiger partial charge in [-0.05, 0) is 41.9 Å². The van der Waals surface area contributed by atoms with Gasteiger partial charge in [-0.25, -0.2) is 0 Å². The molecule has 18 heavy (non-hydrogen) atoms. The summed E-state index contributed by atoms with van der Waals surface area (Å²) < 4.78 is 3.25. The van der Waals surface area contributed by atoms with E-state index in [-0.39, 0.29) is 11.7 Å². The van der Waals surface area contributed by atoms with Crippen molar-refractivity contribution in [3.63, 3.8) is 0 Å². The van der Waals surface area contributed by atoms with Crippen molar-refractivity contribution in [2.45, 2.75) is 20.4 Å². The number of ketones is 1. The number of carbonyl (C=O) groups excluding carboxylic acids is 1. The molecule has 0 fully saturated rings. The van der Waals surface area contributed by atoms with Crippen LogP contribution in [0.1, 0.15) is 26.6 Å². The highest BCUT2D eigenvalue weighted by atomic mass is 79.9. The normalized spacial score (nSPS) is 10.9. The second-order valence-electron chi connectivity index (χ2n) is 4.16. The van der Waals surface area contributed by atoms with Gasteiger partial charge >= 0.3 is 0 Å². The molecule has 2 aromatic heterocycles. The molecule has 0 N–H and O–H groups in total. The quantitative estimate of drug-likeness (QED) is 0.594. The first-order valence-electron chi connectivity index (χ1n) is 5.51. The lowest BCUT2D eigenvalue weighted by molar-refractivity contribution is 0.102. The molecule has 0 bridgehead atoms. The third kappa shape index (κ3) is 2.71. The summed E-state index contributed by atoms with van der Waals surface area (Å²) in [7, 11) is 0. The fraction of sp³-hybridized carbons (Fsp3) is 0.308. The minimum absolute atomic E-state index is 0.0108. The minimum Gasteiger partial charge on any atom is -0.343 e. The Kier molecular flexibility index (Phi) is 4.30. The predicted molar refractivity (Wildman–Crippen MR) is 80.1 cm³/mol. The number of aromatic nitrogens is 1. The Morgan fingerprint density at radius 3 is 2.72 bits per heavy atom. The van der Waals surface area contributed by atoms with Gasteiger partial charge in [0.25, 0.3) is 0 Å². The smallest absolute Gasteiger partial charge is 0.179 e. The van der Waals surface area contributed by atoms with Crippen molar-refractivity contribution >= 4 is 44.7 Å². The average molecular weight is 347 g/mol. The monoisotopic (exact) mass is 345 g/mol. The van der Waals surface area contributed by atoms with Gasteiger partial charge in [-0.3, -0.25) is 4.79 Å². The molecule has 0 atom stereocenters. The van der Waals surface area contributed by atoms with Gasteiger partial charge in [0.15, 0.2) is 5.78 Å². The maximum Gasteiger partial charge on any atom is 0.179 e. The fourth-order valence-corrected chi connectivity index (χ4v) is 3.57. The van der Waals surface area contributed by atoms with E-state index in [2.05, 4.69) is 31.9 Å². The summed E-state index contributed by atoms with van der Waals surface area (Å²) >= 11 is 10.8. The summed E-state index contributed by atoms with van der Waals surface area (Å²) in [6, 6.07) is 4.02. The van der Waals surface area contributed by atoms with E-state index in [0.717, 1.165) is 28.0 Å². The van der Waals surface area contributed by atoms with Gasteiger partial charge in [0.1, 0.15) is 0 Å². The van der Waals surface area contributed by atoms with Crippen molar-refractivity contribution < 1.29 is 4.79 Å². The molecule has 0 saturated heterocycles. The van der Waals surface area contributed by atoms with Crippen molar-refractivity contribution in [2.24, 2.45) is 0 Å². The van der Waals surface area contributed by atoms with Crippen molar-refractivity contribution in [2.75, 3.05) is 5.88 Å². The Balaban J connectivity index is 2.34. The van der Waals surface area contributed by atoms with Crippen molar-refractivity contribution in [1.82, 2.24) is 4.57 Å². The lowest BCUT2D eigenvalue weighted by atomic mass is 10.2. The molecular formula is C13H13BrClNOS. The number of carbonyl (C=O) groups is 1. The molecule has 0 spiro atoms. The summed E-state index contributed by atoms with van der Waals surface area (Å²) in [5, 5.41) is 2.06. The molecule has 0 aliphatic carbocycles. The third-order valence-electron chi connectivity index (χ3n) is 2.93. The first-order chi connectivity index (χ1) is 8.52.